The van der Waals surface area contributed by atoms with E-state index < -0.39 is 17.5 Å². The topological polar surface area (TPSA) is 50.2 Å². The summed E-state index contributed by atoms with van der Waals surface area (Å²) in [6.45, 7) is 0. The third-order valence-electron chi connectivity index (χ3n) is 3.04. The standard InChI is InChI=1S/C15H8F3NO2S/c16-15(17,18)9-3-1-8(2-4-9)13(21)14-19-11-6-5-10(20)7-12(11)22-14/h1-7,20H. The second-order valence-corrected chi connectivity index (χ2v) is 5.61. The second-order valence-electron chi connectivity index (χ2n) is 4.58. The number of halogens is 3. The maximum atomic E-state index is 12.5. The number of phenols is 1. The zero-order chi connectivity index (χ0) is 15.9. The van der Waals surface area contributed by atoms with Crippen molar-refractivity contribution in [3.8, 4) is 5.75 Å². The van der Waals surface area contributed by atoms with Gasteiger partial charge in [-0.05, 0) is 30.3 Å². The fraction of sp³-hybridized carbons (Fsp3) is 0.0667. The lowest BCUT2D eigenvalue weighted by Crippen LogP contribution is -2.06. The maximum Gasteiger partial charge on any atom is 0.416 e. The molecule has 3 aromatic rings. The van der Waals surface area contributed by atoms with Gasteiger partial charge in [-0.15, -0.1) is 11.3 Å². The molecule has 1 heterocycles. The molecule has 0 bridgehead atoms. The fourth-order valence-electron chi connectivity index (χ4n) is 1.94. The van der Waals surface area contributed by atoms with Crippen molar-refractivity contribution < 1.29 is 23.1 Å². The highest BCUT2D eigenvalue weighted by Crippen LogP contribution is 2.30. The quantitative estimate of drug-likeness (QED) is 0.717. The highest BCUT2D eigenvalue weighted by Gasteiger charge is 2.30. The third-order valence-corrected chi connectivity index (χ3v) is 4.06. The predicted molar refractivity (Wildman–Crippen MR) is 76.2 cm³/mol. The summed E-state index contributed by atoms with van der Waals surface area (Å²) in [6.07, 6.45) is -4.44. The zero-order valence-electron chi connectivity index (χ0n) is 10.9. The molecular formula is C15H8F3NO2S. The van der Waals surface area contributed by atoms with Crippen LogP contribution in [-0.4, -0.2) is 15.9 Å². The monoisotopic (exact) mass is 323 g/mol. The molecule has 0 amide bonds. The van der Waals surface area contributed by atoms with Crippen LogP contribution < -0.4 is 0 Å². The van der Waals surface area contributed by atoms with Crippen LogP contribution in [-0.2, 0) is 6.18 Å². The number of alkyl halides is 3. The highest BCUT2D eigenvalue weighted by atomic mass is 32.1. The second kappa shape index (κ2) is 5.10. The van der Waals surface area contributed by atoms with Crippen LogP contribution >= 0.6 is 11.3 Å². The van der Waals surface area contributed by atoms with Gasteiger partial charge in [0, 0.05) is 5.56 Å². The molecule has 0 spiro atoms. The number of rotatable bonds is 2. The third kappa shape index (κ3) is 2.67. The number of carbonyl (C=O) groups excluding carboxylic acids is 1. The number of hydrogen-bond donors (Lipinski definition) is 1. The first-order valence-electron chi connectivity index (χ1n) is 6.16. The summed E-state index contributed by atoms with van der Waals surface area (Å²) in [4.78, 5) is 16.4. The van der Waals surface area contributed by atoms with Gasteiger partial charge in [-0.3, -0.25) is 4.79 Å². The van der Waals surface area contributed by atoms with E-state index in [1.54, 1.807) is 6.07 Å². The van der Waals surface area contributed by atoms with Gasteiger partial charge in [0.05, 0.1) is 15.8 Å². The molecule has 1 aromatic heterocycles. The van der Waals surface area contributed by atoms with Crippen LogP contribution in [0.5, 0.6) is 5.75 Å². The Morgan fingerprint density at radius 1 is 1.09 bits per heavy atom. The minimum Gasteiger partial charge on any atom is -0.508 e. The van der Waals surface area contributed by atoms with E-state index in [0.717, 1.165) is 35.6 Å². The number of phenolic OH excluding ortho intramolecular Hbond substituents is 1. The van der Waals surface area contributed by atoms with E-state index in [9.17, 15) is 23.1 Å². The maximum absolute atomic E-state index is 12.5. The Labute approximate surface area is 126 Å². The molecule has 0 aliphatic carbocycles. The SMILES string of the molecule is O=C(c1ccc(C(F)(F)F)cc1)c1nc2ccc(O)cc2s1. The van der Waals surface area contributed by atoms with Crippen molar-refractivity contribution in [2.75, 3.05) is 0 Å². The molecule has 112 valence electrons. The van der Waals surface area contributed by atoms with Crippen LogP contribution in [0.15, 0.2) is 42.5 Å². The highest BCUT2D eigenvalue weighted by molar-refractivity contribution is 7.20. The van der Waals surface area contributed by atoms with Crippen LogP contribution in [0.25, 0.3) is 10.2 Å². The zero-order valence-corrected chi connectivity index (χ0v) is 11.7. The normalized spacial score (nSPS) is 11.8. The Balaban J connectivity index is 1.95. The van der Waals surface area contributed by atoms with Gasteiger partial charge in [0.2, 0.25) is 5.78 Å². The summed E-state index contributed by atoms with van der Waals surface area (Å²) in [5, 5.41) is 9.56. The summed E-state index contributed by atoms with van der Waals surface area (Å²) in [6, 6.07) is 8.51. The smallest absolute Gasteiger partial charge is 0.416 e. The van der Waals surface area contributed by atoms with Gasteiger partial charge in [-0.2, -0.15) is 13.2 Å². The van der Waals surface area contributed by atoms with Crippen molar-refractivity contribution in [1.29, 1.82) is 0 Å². The Kier molecular flexibility index (Phi) is 3.37. The number of fused-ring (bicyclic) bond motifs is 1. The van der Waals surface area contributed by atoms with Crippen molar-refractivity contribution >= 4 is 27.3 Å². The number of ketones is 1. The Bertz CT molecular complexity index is 853. The van der Waals surface area contributed by atoms with Crippen molar-refractivity contribution in [3.05, 3.63) is 58.6 Å². The predicted octanol–water partition coefficient (Wildman–Crippen LogP) is 4.25. The van der Waals surface area contributed by atoms with Crippen LogP contribution in [0, 0.1) is 0 Å². The first kappa shape index (κ1) is 14.5. The molecule has 0 saturated heterocycles. The average molecular weight is 323 g/mol. The van der Waals surface area contributed by atoms with Crippen LogP contribution in [0.4, 0.5) is 13.2 Å². The molecule has 0 aliphatic heterocycles. The molecule has 0 radical (unpaired) electrons. The first-order valence-corrected chi connectivity index (χ1v) is 6.98. The summed E-state index contributed by atoms with van der Waals surface area (Å²) in [7, 11) is 0. The lowest BCUT2D eigenvalue weighted by Gasteiger charge is -2.06. The van der Waals surface area contributed by atoms with E-state index >= 15 is 0 Å². The number of thiazole rings is 1. The summed E-state index contributed by atoms with van der Waals surface area (Å²) in [5.41, 5.74) is -0.118. The van der Waals surface area contributed by atoms with Crippen molar-refractivity contribution in [2.24, 2.45) is 0 Å². The molecule has 2 aromatic carbocycles. The lowest BCUT2D eigenvalue weighted by molar-refractivity contribution is -0.137. The Morgan fingerprint density at radius 2 is 1.77 bits per heavy atom. The van der Waals surface area contributed by atoms with Gasteiger partial charge in [-0.25, -0.2) is 4.98 Å². The molecule has 0 aliphatic rings. The molecule has 1 N–H and O–H groups in total. The van der Waals surface area contributed by atoms with Gasteiger partial charge in [0.15, 0.2) is 5.01 Å². The van der Waals surface area contributed by atoms with Crippen LogP contribution in [0.2, 0.25) is 0 Å². The molecule has 22 heavy (non-hydrogen) atoms. The minimum absolute atomic E-state index is 0.0599. The molecule has 0 saturated carbocycles. The molecule has 0 unspecified atom stereocenters. The summed E-state index contributed by atoms with van der Waals surface area (Å²) >= 11 is 1.08. The molecule has 0 fully saturated rings. The number of aromatic hydroxyl groups is 1. The number of nitrogens with zero attached hydrogens (tertiary/aromatic N) is 1. The number of benzene rings is 2. The van der Waals surface area contributed by atoms with Crippen molar-refractivity contribution in [2.45, 2.75) is 6.18 Å². The lowest BCUT2D eigenvalue weighted by atomic mass is 10.1. The largest absolute Gasteiger partial charge is 0.508 e. The molecular weight excluding hydrogens is 315 g/mol. The average Bonchev–Trinajstić information content (AvgIpc) is 2.88. The van der Waals surface area contributed by atoms with Gasteiger partial charge in [0.1, 0.15) is 5.75 Å². The first-order chi connectivity index (χ1) is 10.3. The van der Waals surface area contributed by atoms with Gasteiger partial charge >= 0.3 is 6.18 Å². The number of carbonyl (C=O) groups is 1. The summed E-state index contributed by atoms with van der Waals surface area (Å²) in [5.74, 6) is -0.390. The van der Waals surface area contributed by atoms with Crippen molar-refractivity contribution in [3.63, 3.8) is 0 Å². The van der Waals surface area contributed by atoms with E-state index in [1.807, 2.05) is 0 Å². The van der Waals surface area contributed by atoms with E-state index in [4.69, 9.17) is 0 Å². The van der Waals surface area contributed by atoms with E-state index in [0.29, 0.717) is 10.2 Å². The molecule has 7 heteroatoms. The van der Waals surface area contributed by atoms with Gasteiger partial charge < -0.3 is 5.11 Å². The fourth-order valence-corrected chi connectivity index (χ4v) is 2.91. The molecule has 3 nitrogen and oxygen atoms in total. The minimum atomic E-state index is -4.44. The van der Waals surface area contributed by atoms with E-state index in [1.165, 1.54) is 12.1 Å². The van der Waals surface area contributed by atoms with Crippen LogP contribution in [0.1, 0.15) is 20.9 Å². The van der Waals surface area contributed by atoms with E-state index in [2.05, 4.69) is 4.98 Å². The van der Waals surface area contributed by atoms with E-state index in [-0.39, 0.29) is 16.3 Å². The Morgan fingerprint density at radius 3 is 2.41 bits per heavy atom. The number of aromatic nitrogens is 1. The van der Waals surface area contributed by atoms with Crippen molar-refractivity contribution in [1.82, 2.24) is 4.98 Å². The molecule has 0 atom stereocenters. The number of hydrogen-bond acceptors (Lipinski definition) is 4. The summed E-state index contributed by atoms with van der Waals surface area (Å²) < 4.78 is 38.1. The molecule has 3 rings (SSSR count). The van der Waals surface area contributed by atoms with Crippen LogP contribution in [0.3, 0.4) is 0 Å². The van der Waals surface area contributed by atoms with Gasteiger partial charge in [0.25, 0.3) is 0 Å². The Hall–Kier alpha value is -2.41. The van der Waals surface area contributed by atoms with Gasteiger partial charge in [-0.1, -0.05) is 12.1 Å².